The number of primary amides is 1. The van der Waals surface area contributed by atoms with Crippen LogP contribution in [0.25, 0.3) is 0 Å². The maximum absolute atomic E-state index is 13.9. The maximum Gasteiger partial charge on any atom is 0.315 e. The molecule has 3 aliphatic rings. The van der Waals surface area contributed by atoms with Crippen molar-refractivity contribution in [2.24, 2.45) is 40.2 Å². The van der Waals surface area contributed by atoms with E-state index in [0.717, 1.165) is 6.42 Å². The molecule has 0 spiro atoms. The molecular weight excluding hydrogens is 474 g/mol. The second-order valence-corrected chi connectivity index (χ2v) is 13.9. The maximum atomic E-state index is 13.9. The summed E-state index contributed by atoms with van der Waals surface area (Å²) in [7, 11) is 0. The monoisotopic (exact) mass is 519 g/mol. The van der Waals surface area contributed by atoms with E-state index in [1.807, 2.05) is 41.5 Å². The Labute approximate surface area is 220 Å². The minimum absolute atomic E-state index is 0.0322. The number of nitrogens with zero attached hydrogens (tertiary/aromatic N) is 1. The zero-order valence-electron chi connectivity index (χ0n) is 23.5. The molecule has 1 aliphatic heterocycles. The molecule has 5 N–H and O–H groups in total. The van der Waals surface area contributed by atoms with Gasteiger partial charge in [-0.2, -0.15) is 0 Å². The molecule has 37 heavy (non-hydrogen) atoms. The van der Waals surface area contributed by atoms with Crippen LogP contribution >= 0.6 is 0 Å². The Morgan fingerprint density at radius 2 is 1.68 bits per heavy atom. The van der Waals surface area contributed by atoms with Gasteiger partial charge >= 0.3 is 6.03 Å². The molecule has 0 bridgehead atoms. The summed E-state index contributed by atoms with van der Waals surface area (Å²) in [6.45, 7) is 15.8. The zero-order valence-corrected chi connectivity index (χ0v) is 23.5. The van der Waals surface area contributed by atoms with Crippen LogP contribution in [0.3, 0.4) is 0 Å². The van der Waals surface area contributed by atoms with E-state index in [1.54, 1.807) is 4.90 Å². The molecule has 3 unspecified atom stereocenters. The third-order valence-corrected chi connectivity index (χ3v) is 8.47. The van der Waals surface area contributed by atoms with Gasteiger partial charge in [0.1, 0.15) is 18.4 Å². The van der Waals surface area contributed by atoms with Gasteiger partial charge in [-0.15, -0.1) is 0 Å². The molecule has 0 aromatic heterocycles. The van der Waals surface area contributed by atoms with Crippen molar-refractivity contribution in [1.29, 1.82) is 0 Å². The van der Waals surface area contributed by atoms with E-state index in [1.165, 1.54) is 0 Å². The van der Waals surface area contributed by atoms with Crippen LogP contribution in [0.2, 0.25) is 0 Å². The largest absolute Gasteiger partial charge is 0.369 e. The summed E-state index contributed by atoms with van der Waals surface area (Å²) < 4.78 is 0. The number of rotatable bonds is 8. The lowest BCUT2D eigenvalue weighted by molar-refractivity contribution is -0.144. The van der Waals surface area contributed by atoms with Crippen molar-refractivity contribution in [3.63, 3.8) is 0 Å². The normalized spacial score (nSPS) is 29.7. The molecule has 7 atom stereocenters. The van der Waals surface area contributed by atoms with Crippen molar-refractivity contribution < 1.29 is 24.0 Å². The predicted molar refractivity (Wildman–Crippen MR) is 139 cm³/mol. The first-order valence-electron chi connectivity index (χ1n) is 13.3. The molecule has 3 fully saturated rings. The highest BCUT2D eigenvalue weighted by atomic mass is 16.2. The number of nitrogens with two attached hydrogens (primary N) is 1. The van der Waals surface area contributed by atoms with Crippen LogP contribution in [-0.4, -0.2) is 65.1 Å². The molecular formula is C27H45N5O5. The highest BCUT2D eigenvalue weighted by molar-refractivity contribution is 5.94. The van der Waals surface area contributed by atoms with Crippen LogP contribution < -0.4 is 21.7 Å². The number of likely N-dealkylation sites (tertiary alicyclic amines) is 1. The molecule has 10 heteroatoms. The summed E-state index contributed by atoms with van der Waals surface area (Å²) in [5.41, 5.74) is 4.27. The fraction of sp³-hybridized carbons (Fsp3) is 0.815. The number of fused-ring (bicyclic) bond motifs is 1. The molecule has 2 aliphatic carbocycles. The molecule has 0 aromatic rings. The standard InChI is InChI=1S/C27H45N5O5/c1-25(2,3)20(30-24(37)31-26(4,5)6)23(36)32-12-17-18(27(17,7)8)19(32)22(35)29-15(13-33)11-14-9-10-16(14)21(28)34/h13-20H,9-12H2,1-8H3,(H2,28,34)(H,29,35)(H2,30,31,37)/t14?,15?,16?,17-,18-,19-,20+/m0/s1. The minimum atomic E-state index is -0.848. The number of hydrogen-bond acceptors (Lipinski definition) is 5. The highest BCUT2D eigenvalue weighted by Crippen LogP contribution is 2.65. The average Bonchev–Trinajstić information content (AvgIpc) is 3.06. The number of carbonyl (C=O) groups excluding carboxylic acids is 5. The Balaban J connectivity index is 1.77. The second-order valence-electron chi connectivity index (χ2n) is 13.9. The number of urea groups is 1. The minimum Gasteiger partial charge on any atom is -0.369 e. The fourth-order valence-electron chi connectivity index (χ4n) is 6.10. The average molecular weight is 520 g/mol. The van der Waals surface area contributed by atoms with E-state index in [4.69, 9.17) is 5.73 Å². The van der Waals surface area contributed by atoms with Crippen LogP contribution in [0.4, 0.5) is 4.79 Å². The molecule has 10 nitrogen and oxygen atoms in total. The Hall–Kier alpha value is -2.65. The van der Waals surface area contributed by atoms with Crippen molar-refractivity contribution in [2.45, 2.75) is 98.3 Å². The Kier molecular flexibility index (Phi) is 7.74. The molecule has 0 radical (unpaired) electrons. The van der Waals surface area contributed by atoms with Gasteiger partial charge in [-0.05, 0) is 68.6 Å². The molecule has 208 valence electrons. The fourth-order valence-corrected chi connectivity index (χ4v) is 6.10. The van der Waals surface area contributed by atoms with Crippen molar-refractivity contribution in [3.05, 3.63) is 0 Å². The van der Waals surface area contributed by atoms with Gasteiger partial charge in [0.2, 0.25) is 17.7 Å². The molecule has 5 amide bonds. The zero-order chi connectivity index (χ0) is 28.1. The third-order valence-electron chi connectivity index (χ3n) is 8.47. The summed E-state index contributed by atoms with van der Waals surface area (Å²) in [5.74, 6) is -1.23. The van der Waals surface area contributed by atoms with Crippen LogP contribution in [0.5, 0.6) is 0 Å². The first-order valence-corrected chi connectivity index (χ1v) is 13.3. The van der Waals surface area contributed by atoms with Gasteiger partial charge < -0.3 is 31.4 Å². The Bertz CT molecular complexity index is 950. The molecule has 0 aromatic carbocycles. The summed E-state index contributed by atoms with van der Waals surface area (Å²) >= 11 is 0. The van der Waals surface area contributed by atoms with Gasteiger partial charge in [0.05, 0.1) is 6.04 Å². The summed E-state index contributed by atoms with van der Waals surface area (Å²) in [6, 6.07) is -2.79. The SMILES string of the molecule is CC(C)(C)NC(=O)N[C@H](C(=O)N1C[C@H]2[C@@H]([C@H]1C(=O)NC(C=O)CC1CCC1C(N)=O)C2(C)C)C(C)(C)C. The van der Waals surface area contributed by atoms with Crippen molar-refractivity contribution >= 4 is 30.0 Å². The lowest BCUT2D eigenvalue weighted by Gasteiger charge is -2.39. The van der Waals surface area contributed by atoms with Crippen LogP contribution in [0.15, 0.2) is 0 Å². The topological polar surface area (TPSA) is 151 Å². The summed E-state index contributed by atoms with van der Waals surface area (Å²) in [6.07, 6.45) is 2.53. The number of nitrogens with one attached hydrogen (secondary N) is 3. The van der Waals surface area contributed by atoms with Gasteiger partial charge in [0.15, 0.2) is 0 Å². The Morgan fingerprint density at radius 1 is 1.05 bits per heavy atom. The van der Waals surface area contributed by atoms with Gasteiger partial charge in [-0.1, -0.05) is 34.6 Å². The van der Waals surface area contributed by atoms with Crippen LogP contribution in [0, 0.1) is 34.5 Å². The van der Waals surface area contributed by atoms with Crippen molar-refractivity contribution in [2.75, 3.05) is 6.54 Å². The van der Waals surface area contributed by atoms with E-state index in [2.05, 4.69) is 29.8 Å². The van der Waals surface area contributed by atoms with Crippen LogP contribution in [0.1, 0.15) is 74.7 Å². The first kappa shape index (κ1) is 28.9. The van der Waals surface area contributed by atoms with Gasteiger partial charge in [0, 0.05) is 18.0 Å². The van der Waals surface area contributed by atoms with E-state index in [-0.39, 0.29) is 46.8 Å². The third kappa shape index (κ3) is 6.09. The lowest BCUT2D eigenvalue weighted by atomic mass is 9.70. The number of piperidine rings is 1. The van der Waals surface area contributed by atoms with E-state index in [0.29, 0.717) is 25.7 Å². The number of hydrogen-bond donors (Lipinski definition) is 4. The number of aldehydes is 1. The van der Waals surface area contributed by atoms with E-state index >= 15 is 0 Å². The van der Waals surface area contributed by atoms with E-state index < -0.39 is 35.1 Å². The quantitative estimate of drug-likeness (QED) is 0.359. The van der Waals surface area contributed by atoms with Gasteiger partial charge in [0.25, 0.3) is 0 Å². The molecule has 3 rings (SSSR count). The number of carbonyl (C=O) groups is 5. The second kappa shape index (κ2) is 9.91. The summed E-state index contributed by atoms with van der Waals surface area (Å²) in [4.78, 5) is 65.2. The van der Waals surface area contributed by atoms with Gasteiger partial charge in [-0.25, -0.2) is 4.79 Å². The lowest BCUT2D eigenvalue weighted by Crippen LogP contribution is -2.62. The Morgan fingerprint density at radius 3 is 2.14 bits per heavy atom. The molecule has 1 heterocycles. The van der Waals surface area contributed by atoms with E-state index in [9.17, 15) is 24.0 Å². The molecule has 1 saturated heterocycles. The smallest absolute Gasteiger partial charge is 0.315 e. The first-order chi connectivity index (χ1) is 16.9. The molecule has 2 saturated carbocycles. The van der Waals surface area contributed by atoms with Crippen LogP contribution in [-0.2, 0) is 19.2 Å². The number of amides is 5. The van der Waals surface area contributed by atoms with Crippen molar-refractivity contribution in [3.8, 4) is 0 Å². The summed E-state index contributed by atoms with van der Waals surface area (Å²) in [5, 5.41) is 8.51. The predicted octanol–water partition coefficient (Wildman–Crippen LogP) is 1.57. The van der Waals surface area contributed by atoms with Gasteiger partial charge in [-0.3, -0.25) is 14.4 Å². The highest BCUT2D eigenvalue weighted by Gasteiger charge is 2.69. The van der Waals surface area contributed by atoms with Crippen molar-refractivity contribution in [1.82, 2.24) is 20.9 Å².